The van der Waals surface area contributed by atoms with Gasteiger partial charge in [-0.2, -0.15) is 0 Å². The summed E-state index contributed by atoms with van der Waals surface area (Å²) < 4.78 is 1.08. The summed E-state index contributed by atoms with van der Waals surface area (Å²) in [6, 6.07) is 1.33. The van der Waals surface area contributed by atoms with Crippen molar-refractivity contribution < 1.29 is 9.72 Å². The van der Waals surface area contributed by atoms with Crippen LogP contribution in [-0.2, 0) is 11.3 Å². The fourth-order valence-corrected chi connectivity index (χ4v) is 1.18. The van der Waals surface area contributed by atoms with Crippen LogP contribution in [0.5, 0.6) is 0 Å². The van der Waals surface area contributed by atoms with E-state index in [2.05, 4.69) is 10.4 Å². The smallest absolute Gasteiger partial charge is 0.345 e. The lowest BCUT2D eigenvalue weighted by molar-refractivity contribution is -0.392. The van der Waals surface area contributed by atoms with Gasteiger partial charge in [0.1, 0.15) is 0 Å². The van der Waals surface area contributed by atoms with Gasteiger partial charge in [0.25, 0.3) is 5.91 Å². The number of nitrogens with one attached hydrogen (secondary N) is 1. The SMILES string of the molecule is CCNC(=O)Cn1nc(C)cc1[N+](=O)[O-]. The first-order valence-electron chi connectivity index (χ1n) is 4.50. The van der Waals surface area contributed by atoms with E-state index in [9.17, 15) is 14.9 Å². The molecule has 7 nitrogen and oxygen atoms in total. The topological polar surface area (TPSA) is 90.1 Å². The molecule has 1 amide bonds. The molecule has 1 aromatic heterocycles. The highest BCUT2D eigenvalue weighted by Crippen LogP contribution is 2.12. The van der Waals surface area contributed by atoms with Crippen molar-refractivity contribution in [1.29, 1.82) is 0 Å². The van der Waals surface area contributed by atoms with E-state index in [-0.39, 0.29) is 18.3 Å². The molecule has 0 saturated carbocycles. The van der Waals surface area contributed by atoms with Crippen molar-refractivity contribution in [2.45, 2.75) is 20.4 Å². The molecule has 0 fully saturated rings. The van der Waals surface area contributed by atoms with Gasteiger partial charge < -0.3 is 15.4 Å². The Kier molecular flexibility index (Phi) is 3.37. The second kappa shape index (κ2) is 4.54. The molecule has 1 aromatic rings. The molecule has 82 valence electrons. The lowest BCUT2D eigenvalue weighted by atomic mass is 10.5. The van der Waals surface area contributed by atoms with Crippen LogP contribution in [0.15, 0.2) is 6.07 Å². The van der Waals surface area contributed by atoms with Gasteiger partial charge in [0, 0.05) is 6.54 Å². The summed E-state index contributed by atoms with van der Waals surface area (Å²) in [6.45, 7) is 3.78. The zero-order valence-electron chi connectivity index (χ0n) is 8.56. The van der Waals surface area contributed by atoms with Gasteiger partial charge in [-0.3, -0.25) is 4.79 Å². The average molecular weight is 212 g/mol. The van der Waals surface area contributed by atoms with Crippen LogP contribution in [0.1, 0.15) is 12.6 Å². The quantitative estimate of drug-likeness (QED) is 0.571. The maximum absolute atomic E-state index is 11.2. The van der Waals surface area contributed by atoms with E-state index in [4.69, 9.17) is 0 Å². The molecule has 1 N–H and O–H groups in total. The van der Waals surface area contributed by atoms with Crippen molar-refractivity contribution in [3.05, 3.63) is 21.9 Å². The third-order valence-corrected chi connectivity index (χ3v) is 1.74. The molecule has 0 saturated heterocycles. The van der Waals surface area contributed by atoms with E-state index >= 15 is 0 Å². The molecule has 0 atom stereocenters. The molecule has 0 spiro atoms. The van der Waals surface area contributed by atoms with Crippen LogP contribution >= 0.6 is 0 Å². The maximum atomic E-state index is 11.2. The molecule has 0 bridgehead atoms. The highest BCUT2D eigenvalue weighted by atomic mass is 16.6. The number of nitrogens with zero attached hydrogens (tertiary/aromatic N) is 3. The lowest BCUT2D eigenvalue weighted by Crippen LogP contribution is -2.28. The Hall–Kier alpha value is -1.92. The second-order valence-electron chi connectivity index (χ2n) is 3.01. The number of carbonyl (C=O) groups excluding carboxylic acids is 1. The van der Waals surface area contributed by atoms with Crippen molar-refractivity contribution in [2.75, 3.05) is 6.54 Å². The number of aromatic nitrogens is 2. The van der Waals surface area contributed by atoms with Crippen LogP contribution in [0.25, 0.3) is 0 Å². The van der Waals surface area contributed by atoms with E-state index in [1.165, 1.54) is 6.07 Å². The highest BCUT2D eigenvalue weighted by molar-refractivity contribution is 5.75. The molecule has 0 unspecified atom stereocenters. The second-order valence-corrected chi connectivity index (χ2v) is 3.01. The summed E-state index contributed by atoms with van der Waals surface area (Å²) in [5, 5.41) is 17.0. The summed E-state index contributed by atoms with van der Waals surface area (Å²) in [5.74, 6) is -0.456. The first-order valence-corrected chi connectivity index (χ1v) is 4.50. The third kappa shape index (κ3) is 2.76. The van der Waals surface area contributed by atoms with Crippen LogP contribution in [0.2, 0.25) is 0 Å². The van der Waals surface area contributed by atoms with Crippen molar-refractivity contribution in [1.82, 2.24) is 15.1 Å². The standard InChI is InChI=1S/C8H12N4O3/c1-3-9-7(13)5-11-8(12(14)15)4-6(2)10-11/h4H,3,5H2,1-2H3,(H,9,13). The monoisotopic (exact) mass is 212 g/mol. The van der Waals surface area contributed by atoms with E-state index in [0.29, 0.717) is 12.2 Å². The molecule has 0 radical (unpaired) electrons. The van der Waals surface area contributed by atoms with Crippen molar-refractivity contribution in [3.8, 4) is 0 Å². The number of nitro groups is 1. The van der Waals surface area contributed by atoms with Gasteiger partial charge >= 0.3 is 5.82 Å². The Labute approximate surface area is 86.2 Å². The Morgan fingerprint density at radius 1 is 1.73 bits per heavy atom. The molecular formula is C8H12N4O3. The molecule has 15 heavy (non-hydrogen) atoms. The van der Waals surface area contributed by atoms with Crippen LogP contribution < -0.4 is 5.32 Å². The predicted molar refractivity (Wildman–Crippen MR) is 52.3 cm³/mol. The van der Waals surface area contributed by atoms with Gasteiger partial charge in [0.2, 0.25) is 0 Å². The van der Waals surface area contributed by atoms with E-state index in [0.717, 1.165) is 4.68 Å². The Morgan fingerprint density at radius 3 is 2.93 bits per heavy atom. The zero-order chi connectivity index (χ0) is 11.4. The zero-order valence-corrected chi connectivity index (χ0v) is 8.56. The number of amides is 1. The summed E-state index contributed by atoms with van der Waals surface area (Å²) in [7, 11) is 0. The van der Waals surface area contributed by atoms with Crippen LogP contribution in [0.4, 0.5) is 5.82 Å². The molecule has 0 aliphatic rings. The molecule has 0 aliphatic heterocycles. The minimum atomic E-state index is -0.556. The summed E-state index contributed by atoms with van der Waals surface area (Å²) >= 11 is 0. The van der Waals surface area contributed by atoms with Crippen molar-refractivity contribution in [2.24, 2.45) is 0 Å². The number of aryl methyl sites for hydroxylation is 1. The van der Waals surface area contributed by atoms with Gasteiger partial charge in [0.05, 0.1) is 11.8 Å². The van der Waals surface area contributed by atoms with Gasteiger partial charge in [-0.25, -0.2) is 0 Å². The normalized spacial score (nSPS) is 10.0. The minimum absolute atomic E-state index is 0.127. The molecule has 7 heteroatoms. The fourth-order valence-electron chi connectivity index (χ4n) is 1.18. The van der Waals surface area contributed by atoms with Crippen molar-refractivity contribution in [3.63, 3.8) is 0 Å². The Bertz CT molecular complexity index is 385. The van der Waals surface area contributed by atoms with Gasteiger partial charge in [-0.15, -0.1) is 4.68 Å². The molecule has 1 heterocycles. The Morgan fingerprint density at radius 2 is 2.40 bits per heavy atom. The first-order chi connectivity index (χ1) is 7.04. The summed E-state index contributed by atoms with van der Waals surface area (Å²) in [6.07, 6.45) is 0. The molecule has 1 rings (SSSR count). The predicted octanol–water partition coefficient (Wildman–Crippen LogP) is 0.236. The van der Waals surface area contributed by atoms with Gasteiger partial charge in [-0.05, 0) is 18.8 Å². The van der Waals surface area contributed by atoms with Gasteiger partial charge in [-0.1, -0.05) is 5.10 Å². The van der Waals surface area contributed by atoms with E-state index < -0.39 is 4.92 Å². The molecule has 0 aliphatic carbocycles. The Balaban J connectivity index is 2.84. The third-order valence-electron chi connectivity index (χ3n) is 1.74. The minimum Gasteiger partial charge on any atom is -0.358 e. The lowest BCUT2D eigenvalue weighted by Gasteiger charge is -1.99. The summed E-state index contributed by atoms with van der Waals surface area (Å²) in [5.41, 5.74) is 0.519. The summed E-state index contributed by atoms with van der Waals surface area (Å²) in [4.78, 5) is 21.2. The van der Waals surface area contributed by atoms with E-state index in [1.807, 2.05) is 0 Å². The number of rotatable bonds is 4. The van der Waals surface area contributed by atoms with Crippen LogP contribution in [0.3, 0.4) is 0 Å². The van der Waals surface area contributed by atoms with Crippen LogP contribution in [0, 0.1) is 17.0 Å². The molecule has 0 aromatic carbocycles. The largest absolute Gasteiger partial charge is 0.358 e. The molecular weight excluding hydrogens is 200 g/mol. The van der Waals surface area contributed by atoms with Crippen molar-refractivity contribution >= 4 is 11.7 Å². The van der Waals surface area contributed by atoms with E-state index in [1.54, 1.807) is 13.8 Å². The fraction of sp³-hybridized carbons (Fsp3) is 0.500. The number of carbonyl (C=O) groups is 1. The van der Waals surface area contributed by atoms with Crippen LogP contribution in [-0.4, -0.2) is 27.2 Å². The first kappa shape index (κ1) is 11.2. The highest BCUT2D eigenvalue weighted by Gasteiger charge is 2.18. The average Bonchev–Trinajstić information content (AvgIpc) is 2.47. The maximum Gasteiger partial charge on any atom is 0.345 e. The number of hydrogen-bond donors (Lipinski definition) is 1. The number of likely N-dealkylation sites (N-methyl/N-ethyl adjacent to an activating group) is 1. The number of hydrogen-bond acceptors (Lipinski definition) is 4. The van der Waals surface area contributed by atoms with Gasteiger partial charge in [0.15, 0.2) is 6.54 Å².